The number of aromatic nitrogens is 1. The molecule has 1 fully saturated rings. The summed E-state index contributed by atoms with van der Waals surface area (Å²) in [4.78, 5) is 18.5. The summed E-state index contributed by atoms with van der Waals surface area (Å²) in [6.07, 6.45) is 4.70. The number of pyridine rings is 1. The van der Waals surface area contributed by atoms with Gasteiger partial charge in [-0.2, -0.15) is 0 Å². The van der Waals surface area contributed by atoms with Crippen LogP contribution in [-0.2, 0) is 4.79 Å². The van der Waals surface area contributed by atoms with E-state index in [-0.39, 0.29) is 5.91 Å². The second-order valence-electron chi connectivity index (χ2n) is 6.11. The molecule has 0 spiro atoms. The van der Waals surface area contributed by atoms with Crippen LogP contribution in [0.25, 0.3) is 10.9 Å². The SMILES string of the molecule is CNC(=O)CC1CCN(c2ccnc3c(C)cccc23)CC1. The Kier molecular flexibility index (Phi) is 4.27. The van der Waals surface area contributed by atoms with Crippen molar-refractivity contribution in [3.63, 3.8) is 0 Å². The predicted octanol–water partition coefficient (Wildman–Crippen LogP) is 2.90. The number of carbonyl (C=O) groups excluding carboxylic acids is 1. The van der Waals surface area contributed by atoms with Gasteiger partial charge in [0.25, 0.3) is 0 Å². The molecule has 1 N–H and O–H groups in total. The molecule has 0 saturated carbocycles. The molecule has 0 aliphatic carbocycles. The summed E-state index contributed by atoms with van der Waals surface area (Å²) in [5.74, 6) is 0.662. The second kappa shape index (κ2) is 6.34. The minimum absolute atomic E-state index is 0.156. The van der Waals surface area contributed by atoms with Crippen LogP contribution < -0.4 is 10.2 Å². The van der Waals surface area contributed by atoms with Crippen molar-refractivity contribution >= 4 is 22.5 Å². The van der Waals surface area contributed by atoms with Crippen molar-refractivity contribution in [1.82, 2.24) is 10.3 Å². The van der Waals surface area contributed by atoms with Crippen LogP contribution >= 0.6 is 0 Å². The summed E-state index contributed by atoms with van der Waals surface area (Å²) < 4.78 is 0. The number of anilines is 1. The van der Waals surface area contributed by atoms with Gasteiger partial charge in [-0.3, -0.25) is 9.78 Å². The number of hydrogen-bond acceptors (Lipinski definition) is 3. The van der Waals surface area contributed by atoms with Crippen LogP contribution in [-0.4, -0.2) is 31.0 Å². The van der Waals surface area contributed by atoms with Crippen molar-refractivity contribution < 1.29 is 4.79 Å². The zero-order valence-corrected chi connectivity index (χ0v) is 13.3. The van der Waals surface area contributed by atoms with Gasteiger partial charge < -0.3 is 10.2 Å². The predicted molar refractivity (Wildman–Crippen MR) is 90.1 cm³/mol. The summed E-state index contributed by atoms with van der Waals surface area (Å²) in [5, 5.41) is 3.95. The molecular weight excluding hydrogens is 274 g/mol. The minimum atomic E-state index is 0.156. The maximum absolute atomic E-state index is 11.5. The van der Waals surface area contributed by atoms with Crippen LogP contribution in [0.1, 0.15) is 24.8 Å². The molecule has 116 valence electrons. The molecule has 1 aromatic carbocycles. The molecule has 22 heavy (non-hydrogen) atoms. The summed E-state index contributed by atoms with van der Waals surface area (Å²) in [6.45, 7) is 4.12. The van der Waals surface area contributed by atoms with Crippen molar-refractivity contribution in [1.29, 1.82) is 0 Å². The molecule has 2 aromatic rings. The van der Waals surface area contributed by atoms with Crippen molar-refractivity contribution in [2.24, 2.45) is 5.92 Å². The average molecular weight is 297 g/mol. The van der Waals surface area contributed by atoms with Crippen LogP contribution in [0, 0.1) is 12.8 Å². The zero-order valence-electron chi connectivity index (χ0n) is 13.3. The van der Waals surface area contributed by atoms with Crippen LogP contribution in [0.3, 0.4) is 0 Å². The molecular formula is C18H23N3O. The fraction of sp³-hybridized carbons (Fsp3) is 0.444. The molecule has 0 unspecified atom stereocenters. The van der Waals surface area contributed by atoms with E-state index in [1.165, 1.54) is 16.6 Å². The van der Waals surface area contributed by atoms with Gasteiger partial charge in [-0.05, 0) is 37.3 Å². The van der Waals surface area contributed by atoms with Crippen LogP contribution in [0.15, 0.2) is 30.5 Å². The Labute approximate surface area is 131 Å². The number of nitrogens with zero attached hydrogens (tertiary/aromatic N) is 2. The number of nitrogens with one attached hydrogen (secondary N) is 1. The molecule has 0 atom stereocenters. The Morgan fingerprint density at radius 1 is 1.32 bits per heavy atom. The van der Waals surface area contributed by atoms with E-state index in [9.17, 15) is 4.79 Å². The fourth-order valence-corrected chi connectivity index (χ4v) is 3.33. The largest absolute Gasteiger partial charge is 0.371 e. The highest BCUT2D eigenvalue weighted by Gasteiger charge is 2.22. The summed E-state index contributed by atoms with van der Waals surface area (Å²) in [5.41, 5.74) is 3.58. The van der Waals surface area contributed by atoms with Gasteiger partial charge in [0, 0.05) is 43.8 Å². The van der Waals surface area contributed by atoms with Crippen LogP contribution in [0.2, 0.25) is 0 Å². The smallest absolute Gasteiger partial charge is 0.220 e. The lowest BCUT2D eigenvalue weighted by molar-refractivity contribution is -0.121. The Bertz CT molecular complexity index is 675. The van der Waals surface area contributed by atoms with Crippen molar-refractivity contribution in [3.05, 3.63) is 36.0 Å². The molecule has 2 heterocycles. The molecule has 1 saturated heterocycles. The Hall–Kier alpha value is -2.10. The van der Waals surface area contributed by atoms with E-state index < -0.39 is 0 Å². The van der Waals surface area contributed by atoms with Crippen LogP contribution in [0.5, 0.6) is 0 Å². The first kappa shape index (κ1) is 14.8. The van der Waals surface area contributed by atoms with Crippen LogP contribution in [0.4, 0.5) is 5.69 Å². The number of benzene rings is 1. The molecule has 1 amide bonds. The lowest BCUT2D eigenvalue weighted by atomic mass is 9.92. The topological polar surface area (TPSA) is 45.2 Å². The minimum Gasteiger partial charge on any atom is -0.371 e. The summed E-state index contributed by atoms with van der Waals surface area (Å²) in [6, 6.07) is 8.47. The van der Waals surface area contributed by atoms with E-state index in [4.69, 9.17) is 0 Å². The number of carbonyl (C=O) groups is 1. The number of amides is 1. The number of rotatable bonds is 3. The van der Waals surface area contributed by atoms with E-state index in [0.717, 1.165) is 31.4 Å². The molecule has 0 bridgehead atoms. The van der Waals surface area contributed by atoms with Gasteiger partial charge in [0.2, 0.25) is 5.91 Å². The standard InChI is InChI=1S/C18H23N3O/c1-13-4-3-5-15-16(6-9-20-18(13)15)21-10-7-14(8-11-21)12-17(22)19-2/h3-6,9,14H,7-8,10-12H2,1-2H3,(H,19,22). The lowest BCUT2D eigenvalue weighted by Gasteiger charge is -2.34. The van der Waals surface area contributed by atoms with Gasteiger partial charge in [0.15, 0.2) is 0 Å². The van der Waals surface area contributed by atoms with Gasteiger partial charge in [0.05, 0.1) is 5.52 Å². The first-order valence-corrected chi connectivity index (χ1v) is 7.99. The molecule has 1 aromatic heterocycles. The highest BCUT2D eigenvalue weighted by molar-refractivity contribution is 5.93. The molecule has 3 rings (SSSR count). The molecule has 4 nitrogen and oxygen atoms in total. The van der Waals surface area contributed by atoms with E-state index in [1.54, 1.807) is 7.05 Å². The van der Waals surface area contributed by atoms with Gasteiger partial charge in [-0.25, -0.2) is 0 Å². The number of hydrogen-bond donors (Lipinski definition) is 1. The van der Waals surface area contributed by atoms with Gasteiger partial charge in [-0.1, -0.05) is 18.2 Å². The summed E-state index contributed by atoms with van der Waals surface area (Å²) >= 11 is 0. The number of piperidine rings is 1. The van der Waals surface area contributed by atoms with Crippen molar-refractivity contribution in [3.8, 4) is 0 Å². The second-order valence-corrected chi connectivity index (χ2v) is 6.11. The first-order chi connectivity index (χ1) is 10.7. The summed E-state index contributed by atoms with van der Waals surface area (Å²) in [7, 11) is 1.71. The lowest BCUT2D eigenvalue weighted by Crippen LogP contribution is -2.35. The van der Waals surface area contributed by atoms with E-state index in [0.29, 0.717) is 12.3 Å². The fourth-order valence-electron chi connectivity index (χ4n) is 3.33. The molecule has 1 aliphatic heterocycles. The van der Waals surface area contributed by atoms with Gasteiger partial charge in [0.1, 0.15) is 0 Å². The number of aryl methyl sites for hydroxylation is 1. The van der Waals surface area contributed by atoms with E-state index in [1.807, 2.05) is 6.20 Å². The van der Waals surface area contributed by atoms with Gasteiger partial charge >= 0.3 is 0 Å². The highest BCUT2D eigenvalue weighted by Crippen LogP contribution is 2.31. The number of fused-ring (bicyclic) bond motifs is 1. The Morgan fingerprint density at radius 3 is 2.82 bits per heavy atom. The Balaban J connectivity index is 1.77. The Morgan fingerprint density at radius 2 is 2.09 bits per heavy atom. The van der Waals surface area contributed by atoms with Gasteiger partial charge in [-0.15, -0.1) is 0 Å². The van der Waals surface area contributed by atoms with Crippen molar-refractivity contribution in [2.45, 2.75) is 26.2 Å². The third kappa shape index (κ3) is 2.91. The van der Waals surface area contributed by atoms with Crippen molar-refractivity contribution in [2.75, 3.05) is 25.0 Å². The normalized spacial score (nSPS) is 16.0. The van der Waals surface area contributed by atoms with E-state index >= 15 is 0 Å². The quantitative estimate of drug-likeness (QED) is 0.947. The third-order valence-corrected chi connectivity index (χ3v) is 4.66. The maximum atomic E-state index is 11.5. The monoisotopic (exact) mass is 297 g/mol. The highest BCUT2D eigenvalue weighted by atomic mass is 16.1. The number of para-hydroxylation sites is 1. The molecule has 0 radical (unpaired) electrons. The maximum Gasteiger partial charge on any atom is 0.220 e. The van der Waals surface area contributed by atoms with E-state index in [2.05, 4.69) is 46.4 Å². The first-order valence-electron chi connectivity index (χ1n) is 7.99. The molecule has 4 heteroatoms. The zero-order chi connectivity index (χ0) is 15.5. The third-order valence-electron chi connectivity index (χ3n) is 4.66. The average Bonchev–Trinajstić information content (AvgIpc) is 2.55. The molecule has 1 aliphatic rings.